The minimum atomic E-state index is 0.569. The summed E-state index contributed by atoms with van der Waals surface area (Å²) in [5.74, 6) is 0. The first-order chi connectivity index (χ1) is 3.43. The van der Waals surface area contributed by atoms with Crippen LogP contribution in [0.2, 0.25) is 0 Å². The van der Waals surface area contributed by atoms with Crippen molar-refractivity contribution in [3.63, 3.8) is 0 Å². The van der Waals surface area contributed by atoms with Crippen molar-refractivity contribution in [1.82, 2.24) is 10.2 Å². The molecule has 1 heterocycles. The quantitative estimate of drug-likeness (QED) is 0.503. The van der Waals surface area contributed by atoms with Crippen molar-refractivity contribution in [2.45, 2.75) is 0 Å². The van der Waals surface area contributed by atoms with Crippen LogP contribution in [0.3, 0.4) is 0 Å². The van der Waals surface area contributed by atoms with Gasteiger partial charge in [-0.3, -0.25) is 5.10 Å². The Hall–Kier alpha value is -1.30. The van der Waals surface area contributed by atoms with Gasteiger partial charge in [0.15, 0.2) is 0 Å². The Morgan fingerprint density at radius 1 is 2.00 bits per heavy atom. The molecule has 0 aliphatic carbocycles. The van der Waals surface area contributed by atoms with Crippen molar-refractivity contribution in [3.05, 3.63) is 18.0 Å². The van der Waals surface area contributed by atoms with Gasteiger partial charge in [-0.15, -0.1) is 0 Å². The highest BCUT2D eigenvalue weighted by Crippen LogP contribution is 1.85. The maximum absolute atomic E-state index is 8.12. The number of hydrogen-bond acceptors (Lipinski definition) is 2. The molecule has 0 radical (unpaired) electrons. The molecular formula is C4H3N3. The van der Waals surface area contributed by atoms with Crippen LogP contribution in [0.4, 0.5) is 0 Å². The van der Waals surface area contributed by atoms with Gasteiger partial charge in [0.2, 0.25) is 0 Å². The van der Waals surface area contributed by atoms with Crippen molar-refractivity contribution < 1.29 is 0 Å². The van der Waals surface area contributed by atoms with Crippen molar-refractivity contribution in [1.29, 1.82) is 5.26 Å². The number of rotatable bonds is 0. The third-order valence-electron chi connectivity index (χ3n) is 0.627. The van der Waals surface area contributed by atoms with E-state index in [0.717, 1.165) is 0 Å². The highest BCUT2D eigenvalue weighted by molar-refractivity contribution is 5.20. The molecule has 0 unspecified atom stereocenters. The van der Waals surface area contributed by atoms with Gasteiger partial charge in [0.25, 0.3) is 0 Å². The third kappa shape index (κ3) is 0.578. The molecule has 1 N–H and O–H groups in total. The molecule has 0 fully saturated rings. The van der Waals surface area contributed by atoms with E-state index in [4.69, 9.17) is 5.26 Å². The van der Waals surface area contributed by atoms with Crippen LogP contribution in [0.5, 0.6) is 0 Å². The molecule has 0 saturated heterocycles. The van der Waals surface area contributed by atoms with Crippen LogP contribution in [0.25, 0.3) is 0 Å². The van der Waals surface area contributed by atoms with E-state index >= 15 is 0 Å². The molecule has 0 spiro atoms. The molecule has 0 bridgehead atoms. The second kappa shape index (κ2) is 1.43. The van der Waals surface area contributed by atoms with Crippen LogP contribution in [-0.4, -0.2) is 10.2 Å². The Morgan fingerprint density at radius 2 is 2.86 bits per heavy atom. The minimum absolute atomic E-state index is 0.569. The Kier molecular flexibility index (Phi) is 0.794. The van der Waals surface area contributed by atoms with Crippen LogP contribution in [0.15, 0.2) is 12.4 Å². The van der Waals surface area contributed by atoms with Crippen LogP contribution in [0.1, 0.15) is 5.56 Å². The van der Waals surface area contributed by atoms with Gasteiger partial charge in [-0.1, -0.05) is 0 Å². The fourth-order valence-corrected chi connectivity index (χ4v) is 0.312. The summed E-state index contributed by atoms with van der Waals surface area (Å²) in [4.78, 5) is 0. The van der Waals surface area contributed by atoms with Crippen molar-refractivity contribution >= 4 is 0 Å². The summed E-state index contributed by atoms with van der Waals surface area (Å²) >= 11 is 0. The van der Waals surface area contributed by atoms with Crippen LogP contribution in [-0.2, 0) is 0 Å². The van der Waals surface area contributed by atoms with Gasteiger partial charge >= 0.3 is 0 Å². The van der Waals surface area contributed by atoms with Gasteiger partial charge in [-0.2, -0.15) is 10.4 Å². The first kappa shape index (κ1) is 3.88. The Morgan fingerprint density at radius 3 is 3.14 bits per heavy atom. The standard InChI is InChI=1S/C4H3N3/c5-1-4-2-6-7-3-4/h2-3H,(H,6,7)/i2+2. The first-order valence-corrected chi connectivity index (χ1v) is 1.82. The highest BCUT2D eigenvalue weighted by Gasteiger charge is 1.82. The number of hydrogen-bond donors (Lipinski definition) is 1. The van der Waals surface area contributed by atoms with Gasteiger partial charge in [0, 0.05) is 6.20 Å². The topological polar surface area (TPSA) is 52.5 Å². The van der Waals surface area contributed by atoms with Gasteiger partial charge in [-0.25, -0.2) is 0 Å². The van der Waals surface area contributed by atoms with Crippen LogP contribution < -0.4 is 0 Å². The van der Waals surface area contributed by atoms with E-state index in [2.05, 4.69) is 10.2 Å². The number of aromatic nitrogens is 2. The fourth-order valence-electron chi connectivity index (χ4n) is 0.312. The molecule has 0 amide bonds. The minimum Gasteiger partial charge on any atom is -0.284 e. The first-order valence-electron chi connectivity index (χ1n) is 1.82. The number of nitrogens with one attached hydrogen (secondary N) is 1. The summed E-state index contributed by atoms with van der Waals surface area (Å²) < 4.78 is 0. The lowest BCUT2D eigenvalue weighted by Crippen LogP contribution is -1.56. The molecule has 1 aromatic rings. The molecule has 0 saturated carbocycles. The van der Waals surface area contributed by atoms with Crippen molar-refractivity contribution in [2.24, 2.45) is 0 Å². The van der Waals surface area contributed by atoms with Gasteiger partial charge in [-0.05, 0) is 0 Å². The molecule has 0 atom stereocenters. The van der Waals surface area contributed by atoms with Crippen LogP contribution >= 0.6 is 0 Å². The summed E-state index contributed by atoms with van der Waals surface area (Å²) in [7, 11) is 0. The Labute approximate surface area is 40.6 Å². The number of aromatic amines is 1. The lowest BCUT2D eigenvalue weighted by Gasteiger charge is -1.59. The lowest BCUT2D eigenvalue weighted by molar-refractivity contribution is 1.09. The zero-order valence-corrected chi connectivity index (χ0v) is 3.55. The van der Waals surface area contributed by atoms with E-state index in [0.29, 0.717) is 5.56 Å². The average molecular weight is 95.1 g/mol. The molecule has 1 aromatic heterocycles. The van der Waals surface area contributed by atoms with E-state index in [1.54, 1.807) is 6.20 Å². The van der Waals surface area contributed by atoms with E-state index < -0.39 is 0 Å². The number of nitrogens with zero attached hydrogens (tertiary/aromatic N) is 2. The van der Waals surface area contributed by atoms with Crippen LogP contribution in [0, 0.1) is 11.3 Å². The fraction of sp³-hybridized carbons (Fsp3) is 0. The highest BCUT2D eigenvalue weighted by atomic mass is 15.3. The normalized spacial score (nSPS) is 7.86. The largest absolute Gasteiger partial charge is 0.284 e. The maximum atomic E-state index is 8.12. The summed E-state index contributed by atoms with van der Waals surface area (Å²) in [6, 6.07) is 1.91. The number of H-pyrrole nitrogens is 1. The van der Waals surface area contributed by atoms with Gasteiger partial charge in [0.1, 0.15) is 6.07 Å². The zero-order chi connectivity index (χ0) is 5.11. The van der Waals surface area contributed by atoms with Gasteiger partial charge < -0.3 is 0 Å². The molecular weight excluding hydrogens is 92.1 g/mol. The average Bonchev–Trinajstić information content (AvgIpc) is 2.14. The Bertz CT molecular complexity index is 169. The monoisotopic (exact) mass is 95.0 g/mol. The Balaban J connectivity index is 3.04. The van der Waals surface area contributed by atoms with Crippen molar-refractivity contribution in [3.8, 4) is 6.07 Å². The van der Waals surface area contributed by atoms with Crippen molar-refractivity contribution in [2.75, 3.05) is 0 Å². The molecule has 3 nitrogen and oxygen atoms in total. The lowest BCUT2D eigenvalue weighted by atomic mass is 10.6. The van der Waals surface area contributed by atoms with E-state index in [9.17, 15) is 0 Å². The molecule has 0 aromatic carbocycles. The molecule has 34 valence electrons. The molecule has 0 aliphatic heterocycles. The van der Waals surface area contributed by atoms with E-state index in [1.165, 1.54) is 6.20 Å². The van der Waals surface area contributed by atoms with E-state index in [-0.39, 0.29) is 0 Å². The summed E-state index contributed by atoms with van der Waals surface area (Å²) in [5, 5.41) is 14.2. The zero-order valence-electron chi connectivity index (χ0n) is 3.55. The molecule has 3 heteroatoms. The summed E-state index contributed by atoms with van der Waals surface area (Å²) in [6.45, 7) is 0. The molecule has 1 rings (SSSR count). The summed E-state index contributed by atoms with van der Waals surface area (Å²) in [5.41, 5.74) is 0.569. The SMILES string of the molecule is N#Cc1c[nH]n[14cH]1. The molecule has 7 heavy (non-hydrogen) atoms. The predicted molar refractivity (Wildman–Crippen MR) is 23.3 cm³/mol. The van der Waals surface area contributed by atoms with Gasteiger partial charge in [0.05, 0.1) is 11.8 Å². The predicted octanol–water partition coefficient (Wildman–Crippen LogP) is 0.281. The summed E-state index contributed by atoms with van der Waals surface area (Å²) in [6.07, 6.45) is 3.01. The maximum Gasteiger partial charge on any atom is 0.102 e. The smallest absolute Gasteiger partial charge is 0.102 e. The number of nitriles is 1. The third-order valence-corrected chi connectivity index (χ3v) is 0.627. The molecule has 0 aliphatic rings. The van der Waals surface area contributed by atoms with E-state index in [1.807, 2.05) is 6.07 Å². The second-order valence-electron chi connectivity index (χ2n) is 1.10. The second-order valence-corrected chi connectivity index (χ2v) is 1.10.